The lowest BCUT2D eigenvalue weighted by Crippen LogP contribution is -2.40. The summed E-state index contributed by atoms with van der Waals surface area (Å²) in [5.41, 5.74) is 2.74. The maximum absolute atomic E-state index is 13.1. The summed E-state index contributed by atoms with van der Waals surface area (Å²) in [5.74, 6) is 1.05. The molecule has 10 nitrogen and oxygen atoms in total. The summed E-state index contributed by atoms with van der Waals surface area (Å²) in [6.45, 7) is 3.10. The number of aromatic nitrogens is 4. The van der Waals surface area contributed by atoms with Crippen molar-refractivity contribution in [2.75, 3.05) is 50.0 Å². The number of morpholine rings is 1. The molecule has 0 spiro atoms. The van der Waals surface area contributed by atoms with Gasteiger partial charge in [0, 0.05) is 49.0 Å². The van der Waals surface area contributed by atoms with Gasteiger partial charge in [0.15, 0.2) is 11.5 Å². The summed E-state index contributed by atoms with van der Waals surface area (Å²) in [6.07, 6.45) is 3.25. The molecule has 1 amide bonds. The number of nitriles is 1. The molecule has 0 saturated carbocycles. The molecule has 1 aromatic carbocycles. The third-order valence-corrected chi connectivity index (χ3v) is 6.34. The van der Waals surface area contributed by atoms with Crippen LogP contribution >= 0.6 is 23.2 Å². The number of rotatable bonds is 7. The third kappa shape index (κ3) is 5.59. The van der Waals surface area contributed by atoms with Crippen LogP contribution in [-0.2, 0) is 4.74 Å². The average molecular weight is 537 g/mol. The van der Waals surface area contributed by atoms with Gasteiger partial charge in [0.2, 0.25) is 0 Å². The molecular weight excluding hydrogens is 515 g/mol. The summed E-state index contributed by atoms with van der Waals surface area (Å²) in [4.78, 5) is 23.8. The topological polar surface area (TPSA) is 120 Å². The molecule has 4 aromatic rings. The number of halogens is 2. The van der Waals surface area contributed by atoms with E-state index >= 15 is 0 Å². The first-order valence-corrected chi connectivity index (χ1v) is 12.3. The van der Waals surface area contributed by atoms with Gasteiger partial charge in [-0.1, -0.05) is 23.2 Å². The van der Waals surface area contributed by atoms with E-state index in [1.807, 2.05) is 6.07 Å². The van der Waals surface area contributed by atoms with E-state index in [0.717, 1.165) is 0 Å². The molecule has 1 aliphatic rings. The molecule has 12 heteroatoms. The highest BCUT2D eigenvalue weighted by atomic mass is 35.5. The highest BCUT2D eigenvalue weighted by molar-refractivity contribution is 6.36. The normalized spacial score (nSPS) is 13.4. The Hall–Kier alpha value is -3.91. The molecule has 188 valence electrons. The number of fused-ring (bicyclic) bond motifs is 1. The molecule has 1 saturated heterocycles. The number of benzene rings is 1. The molecule has 4 heterocycles. The van der Waals surface area contributed by atoms with E-state index in [0.29, 0.717) is 89.1 Å². The van der Waals surface area contributed by atoms with Gasteiger partial charge in [0.25, 0.3) is 5.91 Å². The lowest BCUT2D eigenvalue weighted by molar-refractivity contribution is 0.0299. The third-order valence-electron chi connectivity index (χ3n) is 5.80. The molecule has 0 bridgehead atoms. The second-order valence-electron chi connectivity index (χ2n) is 8.26. The van der Waals surface area contributed by atoms with E-state index in [1.54, 1.807) is 52.0 Å². The summed E-state index contributed by atoms with van der Waals surface area (Å²) < 4.78 is 7.00. The monoisotopic (exact) mass is 536 g/mol. The second-order valence-corrected chi connectivity index (χ2v) is 9.10. The van der Waals surface area contributed by atoms with E-state index in [2.05, 4.69) is 20.7 Å². The first-order chi connectivity index (χ1) is 18.0. The van der Waals surface area contributed by atoms with Crippen LogP contribution in [0.4, 0.5) is 11.6 Å². The Kier molecular flexibility index (Phi) is 7.37. The van der Waals surface area contributed by atoms with Crippen molar-refractivity contribution < 1.29 is 9.53 Å². The molecule has 0 aliphatic carbocycles. The first-order valence-electron chi connectivity index (χ1n) is 11.6. The average Bonchev–Trinajstić information content (AvgIpc) is 3.36. The van der Waals surface area contributed by atoms with Crippen LogP contribution in [-0.4, -0.2) is 69.8 Å². The van der Waals surface area contributed by atoms with Crippen LogP contribution in [0.1, 0.15) is 16.1 Å². The maximum Gasteiger partial charge on any atom is 0.274 e. The summed E-state index contributed by atoms with van der Waals surface area (Å²) in [7, 11) is 0. The number of hydrogen-bond donors (Lipinski definition) is 2. The molecule has 0 radical (unpaired) electrons. The number of hydrogen-bond acceptors (Lipinski definition) is 8. The van der Waals surface area contributed by atoms with Crippen molar-refractivity contribution in [1.29, 1.82) is 5.26 Å². The van der Waals surface area contributed by atoms with Gasteiger partial charge in [-0.3, -0.25) is 4.79 Å². The lowest BCUT2D eigenvalue weighted by Gasteiger charge is -2.25. The van der Waals surface area contributed by atoms with Gasteiger partial charge in [-0.25, -0.2) is 14.5 Å². The van der Waals surface area contributed by atoms with E-state index < -0.39 is 0 Å². The number of pyridine rings is 1. The fraction of sp³-hybridized carbons (Fsp3) is 0.240. The van der Waals surface area contributed by atoms with Crippen LogP contribution in [0.2, 0.25) is 10.0 Å². The molecule has 1 fully saturated rings. The highest BCUT2D eigenvalue weighted by Crippen LogP contribution is 2.31. The van der Waals surface area contributed by atoms with Crippen LogP contribution in [0.25, 0.3) is 16.8 Å². The summed E-state index contributed by atoms with van der Waals surface area (Å²) in [6, 6.07) is 12.4. The van der Waals surface area contributed by atoms with Crippen molar-refractivity contribution in [2.45, 2.75) is 0 Å². The van der Waals surface area contributed by atoms with Crippen molar-refractivity contribution in [3.8, 4) is 17.3 Å². The van der Waals surface area contributed by atoms with Gasteiger partial charge in [-0.15, -0.1) is 0 Å². The number of amides is 1. The van der Waals surface area contributed by atoms with Crippen molar-refractivity contribution in [1.82, 2.24) is 24.5 Å². The van der Waals surface area contributed by atoms with Crippen molar-refractivity contribution >= 4 is 46.3 Å². The largest absolute Gasteiger partial charge is 0.378 e. The fourth-order valence-electron chi connectivity index (χ4n) is 3.92. The van der Waals surface area contributed by atoms with Crippen LogP contribution in [0, 0.1) is 11.3 Å². The fourth-order valence-corrected chi connectivity index (χ4v) is 4.42. The molecular formula is C25H22Cl2N8O2. The van der Waals surface area contributed by atoms with Gasteiger partial charge in [0.05, 0.1) is 35.7 Å². The Bertz CT molecular complexity index is 1480. The van der Waals surface area contributed by atoms with Crippen LogP contribution in [0.5, 0.6) is 0 Å². The van der Waals surface area contributed by atoms with Crippen molar-refractivity contribution in [3.63, 3.8) is 0 Å². The van der Waals surface area contributed by atoms with Gasteiger partial charge >= 0.3 is 0 Å². The molecule has 1 aliphatic heterocycles. The SMILES string of the molecule is N#Cc1ccc(NCCNc2nc(-c3ccc(Cl)cc3Cl)cn3nc(C(=O)N4CCOCC4)cc23)nc1. The van der Waals surface area contributed by atoms with Crippen LogP contribution < -0.4 is 10.6 Å². The lowest BCUT2D eigenvalue weighted by atomic mass is 10.1. The number of ether oxygens (including phenoxy) is 1. The minimum Gasteiger partial charge on any atom is -0.378 e. The highest BCUT2D eigenvalue weighted by Gasteiger charge is 2.22. The van der Waals surface area contributed by atoms with E-state index in [9.17, 15) is 4.79 Å². The summed E-state index contributed by atoms with van der Waals surface area (Å²) >= 11 is 12.5. The molecule has 0 unspecified atom stereocenters. The van der Waals surface area contributed by atoms with E-state index in [1.165, 1.54) is 6.20 Å². The number of anilines is 2. The number of nitrogens with one attached hydrogen (secondary N) is 2. The van der Waals surface area contributed by atoms with Crippen LogP contribution in [0.3, 0.4) is 0 Å². The number of carbonyl (C=O) groups excluding carboxylic acids is 1. The van der Waals surface area contributed by atoms with Crippen molar-refractivity contribution in [2.24, 2.45) is 0 Å². The maximum atomic E-state index is 13.1. The van der Waals surface area contributed by atoms with E-state index in [-0.39, 0.29) is 5.91 Å². The Morgan fingerprint density at radius 1 is 1.11 bits per heavy atom. The molecule has 37 heavy (non-hydrogen) atoms. The minimum absolute atomic E-state index is 0.155. The van der Waals surface area contributed by atoms with Crippen LogP contribution in [0.15, 0.2) is 48.8 Å². The van der Waals surface area contributed by atoms with Gasteiger partial charge < -0.3 is 20.3 Å². The zero-order valence-corrected chi connectivity index (χ0v) is 21.1. The van der Waals surface area contributed by atoms with E-state index in [4.69, 9.17) is 38.2 Å². The standard InChI is InChI=1S/C25H22Cl2N8O2/c26-17-2-3-18(19(27)11-17)21-15-35-22(12-20(33-35)25(36)34-7-9-37-10-8-34)24(32-21)30-6-5-29-23-4-1-16(13-28)14-31-23/h1-4,11-12,14-15H,5-10H2,(H,29,31)(H,30,32). The van der Waals surface area contributed by atoms with Gasteiger partial charge in [-0.05, 0) is 30.3 Å². The molecule has 5 rings (SSSR count). The minimum atomic E-state index is -0.155. The predicted molar refractivity (Wildman–Crippen MR) is 141 cm³/mol. The molecule has 0 atom stereocenters. The smallest absolute Gasteiger partial charge is 0.274 e. The summed E-state index contributed by atoms with van der Waals surface area (Å²) in [5, 5.41) is 21.0. The quantitative estimate of drug-likeness (QED) is 0.340. The Morgan fingerprint density at radius 2 is 1.92 bits per heavy atom. The van der Waals surface area contributed by atoms with Crippen molar-refractivity contribution in [3.05, 3.63) is 70.1 Å². The predicted octanol–water partition coefficient (Wildman–Crippen LogP) is 3.97. The zero-order valence-electron chi connectivity index (χ0n) is 19.6. The van der Waals surface area contributed by atoms with Gasteiger partial charge in [0.1, 0.15) is 17.4 Å². The Balaban J connectivity index is 1.42. The molecule has 3 aromatic heterocycles. The van der Waals surface area contributed by atoms with Gasteiger partial charge in [-0.2, -0.15) is 10.4 Å². The first kappa shape index (κ1) is 24.8. The second kappa shape index (κ2) is 11.0. The zero-order chi connectivity index (χ0) is 25.8. The number of nitrogens with zero attached hydrogens (tertiary/aromatic N) is 6. The number of carbonyl (C=O) groups is 1. The Morgan fingerprint density at radius 3 is 2.65 bits per heavy atom. The molecule has 2 N–H and O–H groups in total. The Labute approximate surface area is 222 Å².